The molecule has 108 valence electrons. The fourth-order valence-electron chi connectivity index (χ4n) is 1.88. The zero-order valence-electron chi connectivity index (χ0n) is 11.1. The molecule has 2 rings (SSSR count). The van der Waals surface area contributed by atoms with Gasteiger partial charge in [-0.15, -0.1) is 0 Å². The van der Waals surface area contributed by atoms with Crippen LogP contribution in [0.1, 0.15) is 15.9 Å². The first kappa shape index (κ1) is 14.8. The molecule has 0 saturated carbocycles. The Morgan fingerprint density at radius 2 is 2.00 bits per heavy atom. The molecule has 0 atom stereocenters. The number of nitrogens with zero attached hydrogens (tertiary/aromatic N) is 1. The minimum atomic E-state index is -0.474. The highest BCUT2D eigenvalue weighted by molar-refractivity contribution is 6.31. The standard InChI is InChI=1S/C14H12ClN3O3/c1-8-4-12(2-3-13(8)18(20)21)17-14(19)9-5-10(15)7-11(16)6-9/h2-7H,16H2,1H3,(H,17,19). The second-order valence-electron chi connectivity index (χ2n) is 4.49. The predicted molar refractivity (Wildman–Crippen MR) is 81.7 cm³/mol. The van der Waals surface area contributed by atoms with E-state index >= 15 is 0 Å². The molecule has 7 heteroatoms. The van der Waals surface area contributed by atoms with Crippen LogP contribution in [0, 0.1) is 17.0 Å². The van der Waals surface area contributed by atoms with E-state index in [-0.39, 0.29) is 5.69 Å². The summed E-state index contributed by atoms with van der Waals surface area (Å²) in [6.45, 7) is 1.60. The summed E-state index contributed by atoms with van der Waals surface area (Å²) >= 11 is 5.84. The minimum absolute atomic E-state index is 0.000000945. The van der Waals surface area contributed by atoms with E-state index in [0.29, 0.717) is 27.5 Å². The Labute approximate surface area is 125 Å². The van der Waals surface area contributed by atoms with Gasteiger partial charge in [-0.25, -0.2) is 0 Å². The SMILES string of the molecule is Cc1cc(NC(=O)c2cc(N)cc(Cl)c2)ccc1[N+](=O)[O-]. The quantitative estimate of drug-likeness (QED) is 0.516. The molecular formula is C14H12ClN3O3. The lowest BCUT2D eigenvalue weighted by Crippen LogP contribution is -2.12. The number of nitrogen functional groups attached to an aromatic ring is 1. The minimum Gasteiger partial charge on any atom is -0.399 e. The van der Waals surface area contributed by atoms with Crippen molar-refractivity contribution in [3.63, 3.8) is 0 Å². The van der Waals surface area contributed by atoms with Crippen LogP contribution >= 0.6 is 11.6 Å². The molecule has 0 aliphatic carbocycles. The maximum absolute atomic E-state index is 12.1. The number of nitrogens with two attached hydrogens (primary N) is 1. The fraction of sp³-hybridized carbons (Fsp3) is 0.0714. The Bertz CT molecular complexity index is 711. The van der Waals surface area contributed by atoms with Crippen molar-refractivity contribution < 1.29 is 9.72 Å². The number of carbonyl (C=O) groups excluding carboxylic acids is 1. The maximum atomic E-state index is 12.1. The average Bonchev–Trinajstić information content (AvgIpc) is 2.37. The highest BCUT2D eigenvalue weighted by atomic mass is 35.5. The molecule has 0 fully saturated rings. The summed E-state index contributed by atoms with van der Waals surface area (Å²) in [6, 6.07) is 8.87. The number of hydrogen-bond acceptors (Lipinski definition) is 4. The number of hydrogen-bond donors (Lipinski definition) is 2. The summed E-state index contributed by atoms with van der Waals surface area (Å²) in [5.41, 5.74) is 7.25. The summed E-state index contributed by atoms with van der Waals surface area (Å²) in [5.74, 6) is -0.391. The maximum Gasteiger partial charge on any atom is 0.272 e. The monoisotopic (exact) mass is 305 g/mol. The number of aryl methyl sites for hydroxylation is 1. The topological polar surface area (TPSA) is 98.3 Å². The van der Waals surface area contributed by atoms with Gasteiger partial charge < -0.3 is 11.1 Å². The number of anilines is 2. The predicted octanol–water partition coefficient (Wildman–Crippen LogP) is 3.39. The summed E-state index contributed by atoms with van der Waals surface area (Å²) in [7, 11) is 0. The summed E-state index contributed by atoms with van der Waals surface area (Å²) in [6.07, 6.45) is 0. The number of nitro benzene ring substituents is 1. The van der Waals surface area contributed by atoms with E-state index in [4.69, 9.17) is 17.3 Å². The van der Waals surface area contributed by atoms with Crippen molar-refractivity contribution in [2.75, 3.05) is 11.1 Å². The number of rotatable bonds is 3. The third-order valence-electron chi connectivity index (χ3n) is 2.83. The second kappa shape index (κ2) is 5.80. The molecule has 2 aromatic rings. The van der Waals surface area contributed by atoms with E-state index in [1.54, 1.807) is 6.92 Å². The highest BCUT2D eigenvalue weighted by Gasteiger charge is 2.12. The van der Waals surface area contributed by atoms with Crippen molar-refractivity contribution in [3.8, 4) is 0 Å². The van der Waals surface area contributed by atoms with Crippen LogP contribution in [0.3, 0.4) is 0 Å². The number of nitro groups is 1. The fourth-order valence-corrected chi connectivity index (χ4v) is 2.13. The van der Waals surface area contributed by atoms with Crippen molar-refractivity contribution >= 4 is 34.6 Å². The van der Waals surface area contributed by atoms with Crippen LogP contribution in [-0.2, 0) is 0 Å². The van der Waals surface area contributed by atoms with Crippen LogP contribution < -0.4 is 11.1 Å². The number of carbonyl (C=O) groups is 1. The van der Waals surface area contributed by atoms with Crippen molar-refractivity contribution in [3.05, 3.63) is 62.7 Å². The van der Waals surface area contributed by atoms with Crippen LogP contribution in [0.15, 0.2) is 36.4 Å². The number of halogens is 1. The molecule has 0 aliphatic rings. The molecule has 0 saturated heterocycles. The van der Waals surface area contributed by atoms with Gasteiger partial charge in [-0.05, 0) is 37.3 Å². The van der Waals surface area contributed by atoms with Gasteiger partial charge in [0, 0.05) is 33.6 Å². The number of benzene rings is 2. The lowest BCUT2D eigenvalue weighted by Gasteiger charge is -2.07. The van der Waals surface area contributed by atoms with Gasteiger partial charge in [0.2, 0.25) is 0 Å². The molecule has 3 N–H and O–H groups in total. The smallest absolute Gasteiger partial charge is 0.272 e. The molecular weight excluding hydrogens is 294 g/mol. The van der Waals surface area contributed by atoms with Gasteiger partial charge in [0.15, 0.2) is 0 Å². The van der Waals surface area contributed by atoms with Crippen molar-refractivity contribution in [1.82, 2.24) is 0 Å². The molecule has 21 heavy (non-hydrogen) atoms. The van der Waals surface area contributed by atoms with Crippen LogP contribution in [0.25, 0.3) is 0 Å². The lowest BCUT2D eigenvalue weighted by atomic mass is 10.1. The molecule has 0 aromatic heterocycles. The van der Waals surface area contributed by atoms with Gasteiger partial charge in [-0.3, -0.25) is 14.9 Å². The van der Waals surface area contributed by atoms with Gasteiger partial charge in [0.25, 0.3) is 11.6 Å². The lowest BCUT2D eigenvalue weighted by molar-refractivity contribution is -0.385. The molecule has 6 nitrogen and oxygen atoms in total. The molecule has 1 amide bonds. The van der Waals surface area contributed by atoms with E-state index < -0.39 is 10.8 Å². The van der Waals surface area contributed by atoms with E-state index in [0.717, 1.165) is 0 Å². The summed E-state index contributed by atoms with van der Waals surface area (Å²) in [4.78, 5) is 22.4. The first-order valence-corrected chi connectivity index (χ1v) is 6.37. The zero-order chi connectivity index (χ0) is 15.6. The molecule has 0 bridgehead atoms. The van der Waals surface area contributed by atoms with Crippen molar-refractivity contribution in [2.45, 2.75) is 6.92 Å². The van der Waals surface area contributed by atoms with Gasteiger partial charge in [-0.2, -0.15) is 0 Å². The zero-order valence-corrected chi connectivity index (χ0v) is 11.8. The Kier molecular flexibility index (Phi) is 4.09. The first-order valence-electron chi connectivity index (χ1n) is 5.99. The van der Waals surface area contributed by atoms with Crippen molar-refractivity contribution in [1.29, 1.82) is 0 Å². The van der Waals surface area contributed by atoms with Crippen LogP contribution in [0.5, 0.6) is 0 Å². The Morgan fingerprint density at radius 3 is 2.57 bits per heavy atom. The molecule has 0 heterocycles. The molecule has 0 aliphatic heterocycles. The van der Waals surface area contributed by atoms with Crippen LogP contribution in [0.2, 0.25) is 5.02 Å². The molecule has 0 spiro atoms. The molecule has 0 radical (unpaired) electrons. The van der Waals surface area contributed by atoms with E-state index in [9.17, 15) is 14.9 Å². The van der Waals surface area contributed by atoms with Gasteiger partial charge >= 0.3 is 0 Å². The Morgan fingerprint density at radius 1 is 1.29 bits per heavy atom. The van der Waals surface area contributed by atoms with Gasteiger partial charge in [-0.1, -0.05) is 11.6 Å². The number of amides is 1. The first-order chi connectivity index (χ1) is 9.86. The third kappa shape index (κ3) is 3.49. The van der Waals surface area contributed by atoms with Crippen LogP contribution in [0.4, 0.5) is 17.1 Å². The van der Waals surface area contributed by atoms with Crippen molar-refractivity contribution in [2.24, 2.45) is 0 Å². The normalized spacial score (nSPS) is 10.2. The Hall–Kier alpha value is -2.60. The van der Waals surface area contributed by atoms with E-state index in [2.05, 4.69) is 5.32 Å². The summed E-state index contributed by atoms with van der Waals surface area (Å²) in [5, 5.41) is 13.7. The Balaban J connectivity index is 2.23. The summed E-state index contributed by atoms with van der Waals surface area (Å²) < 4.78 is 0. The van der Waals surface area contributed by atoms with Crippen LogP contribution in [-0.4, -0.2) is 10.8 Å². The highest BCUT2D eigenvalue weighted by Crippen LogP contribution is 2.23. The van der Waals surface area contributed by atoms with Gasteiger partial charge in [0.1, 0.15) is 0 Å². The third-order valence-corrected chi connectivity index (χ3v) is 3.05. The average molecular weight is 306 g/mol. The number of nitrogens with one attached hydrogen (secondary N) is 1. The second-order valence-corrected chi connectivity index (χ2v) is 4.92. The van der Waals surface area contributed by atoms with E-state index in [1.807, 2.05) is 0 Å². The molecule has 0 unspecified atom stereocenters. The van der Waals surface area contributed by atoms with Gasteiger partial charge in [0.05, 0.1) is 4.92 Å². The van der Waals surface area contributed by atoms with E-state index in [1.165, 1.54) is 36.4 Å². The molecule has 2 aromatic carbocycles. The largest absolute Gasteiger partial charge is 0.399 e.